The molecule has 3 rings (SSSR count). The first-order chi connectivity index (χ1) is 14.2. The number of benzene rings is 2. The number of non-ortho nitro benzene ring substituents is 1. The number of carbonyl (C=O) groups excluding carboxylic acids is 1. The molecule has 1 heterocycles. The maximum atomic E-state index is 12.2. The topological polar surface area (TPSA) is 88.0 Å². The van der Waals surface area contributed by atoms with Crippen molar-refractivity contribution in [3.05, 3.63) is 58.6 Å². The average molecular weight is 424 g/mol. The number of nitrogens with zero attached hydrogens (tertiary/aromatic N) is 3. The molecule has 1 aliphatic rings. The minimum atomic E-state index is -4.77. The van der Waals surface area contributed by atoms with E-state index < -0.39 is 11.3 Å². The van der Waals surface area contributed by atoms with Crippen molar-refractivity contribution in [3.8, 4) is 5.75 Å². The van der Waals surface area contributed by atoms with E-state index in [0.717, 1.165) is 17.8 Å². The second-order valence-electron chi connectivity index (χ2n) is 6.66. The Labute approximate surface area is 170 Å². The molecule has 30 heavy (non-hydrogen) atoms. The first-order valence-electron chi connectivity index (χ1n) is 9.07. The van der Waals surface area contributed by atoms with Gasteiger partial charge < -0.3 is 15.0 Å². The SMILES string of the molecule is O=C(CN1CCN(c2cccc([N+](=O)[O-])c2)CC1)Nc1ccc(OC(F)(F)F)cc1. The van der Waals surface area contributed by atoms with Gasteiger partial charge in [-0.25, -0.2) is 0 Å². The van der Waals surface area contributed by atoms with Crippen molar-refractivity contribution in [1.29, 1.82) is 0 Å². The maximum Gasteiger partial charge on any atom is 0.573 e. The highest BCUT2D eigenvalue weighted by molar-refractivity contribution is 5.92. The highest BCUT2D eigenvalue weighted by Gasteiger charge is 2.31. The number of ether oxygens (including phenoxy) is 1. The summed E-state index contributed by atoms with van der Waals surface area (Å²) >= 11 is 0. The number of nitrogens with one attached hydrogen (secondary N) is 1. The van der Waals surface area contributed by atoms with Crippen molar-refractivity contribution in [2.75, 3.05) is 42.9 Å². The fraction of sp³-hybridized carbons (Fsp3) is 0.316. The van der Waals surface area contributed by atoms with Crippen molar-refractivity contribution in [2.24, 2.45) is 0 Å². The van der Waals surface area contributed by atoms with Gasteiger partial charge in [0, 0.05) is 49.7 Å². The van der Waals surface area contributed by atoms with Crippen molar-refractivity contribution < 1.29 is 27.6 Å². The molecule has 0 aliphatic carbocycles. The van der Waals surface area contributed by atoms with E-state index in [4.69, 9.17) is 0 Å². The van der Waals surface area contributed by atoms with Gasteiger partial charge in [0.1, 0.15) is 5.75 Å². The standard InChI is InChI=1S/C19H19F3N4O4/c20-19(21,22)30-17-6-4-14(5-7-17)23-18(27)13-24-8-10-25(11-9-24)15-2-1-3-16(12-15)26(28)29/h1-7,12H,8-11,13H2,(H,23,27). The van der Waals surface area contributed by atoms with E-state index in [1.165, 1.54) is 24.3 Å². The quantitative estimate of drug-likeness (QED) is 0.566. The van der Waals surface area contributed by atoms with Crippen molar-refractivity contribution in [2.45, 2.75) is 6.36 Å². The molecule has 1 fully saturated rings. The van der Waals surface area contributed by atoms with Crippen LogP contribution in [0.5, 0.6) is 5.75 Å². The van der Waals surface area contributed by atoms with Crippen molar-refractivity contribution in [3.63, 3.8) is 0 Å². The lowest BCUT2D eigenvalue weighted by molar-refractivity contribution is -0.384. The zero-order valence-electron chi connectivity index (χ0n) is 15.8. The van der Waals surface area contributed by atoms with E-state index in [9.17, 15) is 28.1 Å². The molecule has 0 radical (unpaired) electrons. The summed E-state index contributed by atoms with van der Waals surface area (Å²) in [6.45, 7) is 2.53. The van der Waals surface area contributed by atoms with E-state index in [-0.39, 0.29) is 23.9 Å². The normalized spacial score (nSPS) is 15.0. The fourth-order valence-electron chi connectivity index (χ4n) is 3.11. The Balaban J connectivity index is 1.47. The summed E-state index contributed by atoms with van der Waals surface area (Å²) in [6.07, 6.45) is -4.77. The van der Waals surface area contributed by atoms with Crippen LogP contribution in [0, 0.1) is 10.1 Å². The number of nitro benzene ring substituents is 1. The zero-order valence-corrected chi connectivity index (χ0v) is 15.8. The van der Waals surface area contributed by atoms with Gasteiger partial charge in [0.2, 0.25) is 5.91 Å². The second kappa shape index (κ2) is 8.99. The Bertz CT molecular complexity index is 897. The lowest BCUT2D eigenvalue weighted by atomic mass is 10.2. The summed E-state index contributed by atoms with van der Waals surface area (Å²) in [5.74, 6) is -0.652. The number of nitro groups is 1. The fourth-order valence-corrected chi connectivity index (χ4v) is 3.11. The van der Waals surface area contributed by atoms with E-state index >= 15 is 0 Å². The molecule has 0 saturated carbocycles. The number of amides is 1. The predicted molar refractivity (Wildman–Crippen MR) is 104 cm³/mol. The first kappa shape index (κ1) is 21.4. The van der Waals surface area contributed by atoms with Gasteiger partial charge in [-0.2, -0.15) is 0 Å². The predicted octanol–water partition coefficient (Wildman–Crippen LogP) is 3.25. The molecule has 11 heteroatoms. The summed E-state index contributed by atoms with van der Waals surface area (Å²) in [5.41, 5.74) is 1.15. The van der Waals surface area contributed by atoms with Gasteiger partial charge in [0.25, 0.3) is 5.69 Å². The molecule has 1 aliphatic heterocycles. The smallest absolute Gasteiger partial charge is 0.406 e. The molecular formula is C19H19F3N4O4. The molecule has 0 atom stereocenters. The monoisotopic (exact) mass is 424 g/mol. The van der Waals surface area contributed by atoms with Gasteiger partial charge in [-0.1, -0.05) is 6.07 Å². The second-order valence-corrected chi connectivity index (χ2v) is 6.66. The van der Waals surface area contributed by atoms with Crippen molar-refractivity contribution >= 4 is 23.0 Å². The number of rotatable bonds is 6. The van der Waals surface area contributed by atoms with Crippen LogP contribution in [-0.4, -0.2) is 54.8 Å². The van der Waals surface area contributed by atoms with Gasteiger partial charge in [-0.3, -0.25) is 19.8 Å². The number of carbonyl (C=O) groups is 1. The molecule has 8 nitrogen and oxygen atoms in total. The molecule has 160 valence electrons. The summed E-state index contributed by atoms with van der Waals surface area (Å²) in [6, 6.07) is 11.3. The number of hydrogen-bond acceptors (Lipinski definition) is 6. The zero-order chi connectivity index (χ0) is 21.7. The molecule has 1 N–H and O–H groups in total. The lowest BCUT2D eigenvalue weighted by Gasteiger charge is -2.35. The Morgan fingerprint density at radius 2 is 1.77 bits per heavy atom. The molecule has 1 saturated heterocycles. The van der Waals surface area contributed by atoms with Crippen LogP contribution in [0.25, 0.3) is 0 Å². The molecular weight excluding hydrogens is 405 g/mol. The number of piperazine rings is 1. The first-order valence-corrected chi connectivity index (χ1v) is 9.07. The van der Waals surface area contributed by atoms with Gasteiger partial charge >= 0.3 is 6.36 Å². The lowest BCUT2D eigenvalue weighted by Crippen LogP contribution is -2.48. The summed E-state index contributed by atoms with van der Waals surface area (Å²) < 4.78 is 40.3. The third-order valence-corrected chi connectivity index (χ3v) is 4.52. The van der Waals surface area contributed by atoms with Crippen LogP contribution in [0.1, 0.15) is 0 Å². The van der Waals surface area contributed by atoms with E-state index in [2.05, 4.69) is 10.1 Å². The minimum absolute atomic E-state index is 0.0287. The Hall–Kier alpha value is -3.34. The molecule has 0 unspecified atom stereocenters. The van der Waals surface area contributed by atoms with Crippen LogP contribution in [0.15, 0.2) is 48.5 Å². The molecule has 0 spiro atoms. The maximum absolute atomic E-state index is 12.2. The van der Waals surface area contributed by atoms with Crippen LogP contribution < -0.4 is 15.0 Å². The third-order valence-electron chi connectivity index (χ3n) is 4.52. The Morgan fingerprint density at radius 3 is 2.37 bits per heavy atom. The molecule has 2 aromatic rings. The summed E-state index contributed by atoms with van der Waals surface area (Å²) in [5, 5.41) is 13.6. The largest absolute Gasteiger partial charge is 0.573 e. The van der Waals surface area contributed by atoms with Gasteiger partial charge in [0.15, 0.2) is 0 Å². The Kier molecular flexibility index (Phi) is 6.40. The molecule has 2 aromatic carbocycles. The minimum Gasteiger partial charge on any atom is -0.406 e. The van der Waals surface area contributed by atoms with Gasteiger partial charge in [-0.05, 0) is 30.3 Å². The van der Waals surface area contributed by atoms with Crippen LogP contribution in [-0.2, 0) is 4.79 Å². The van der Waals surface area contributed by atoms with Crippen LogP contribution in [0.2, 0.25) is 0 Å². The Morgan fingerprint density at radius 1 is 1.10 bits per heavy atom. The van der Waals surface area contributed by atoms with Crippen LogP contribution >= 0.6 is 0 Å². The number of anilines is 2. The highest BCUT2D eigenvalue weighted by Crippen LogP contribution is 2.24. The molecule has 0 bridgehead atoms. The van der Waals surface area contributed by atoms with E-state index in [0.29, 0.717) is 31.9 Å². The third kappa shape index (κ3) is 6.08. The van der Waals surface area contributed by atoms with Crippen molar-refractivity contribution in [1.82, 2.24) is 4.90 Å². The number of hydrogen-bond donors (Lipinski definition) is 1. The molecule has 1 amide bonds. The molecule has 0 aromatic heterocycles. The average Bonchev–Trinajstić information content (AvgIpc) is 2.69. The summed E-state index contributed by atoms with van der Waals surface area (Å²) in [4.78, 5) is 26.6. The number of alkyl halides is 3. The van der Waals surface area contributed by atoms with Gasteiger partial charge in [0.05, 0.1) is 11.5 Å². The number of halogens is 3. The highest BCUT2D eigenvalue weighted by atomic mass is 19.4. The van der Waals surface area contributed by atoms with Crippen LogP contribution in [0.4, 0.5) is 30.2 Å². The van der Waals surface area contributed by atoms with E-state index in [1.54, 1.807) is 6.07 Å². The van der Waals surface area contributed by atoms with Gasteiger partial charge in [-0.15, -0.1) is 13.2 Å². The van der Waals surface area contributed by atoms with Crippen LogP contribution in [0.3, 0.4) is 0 Å². The van der Waals surface area contributed by atoms with E-state index in [1.807, 2.05) is 15.9 Å². The summed E-state index contributed by atoms with van der Waals surface area (Å²) in [7, 11) is 0.